The average molecular weight is 285 g/mol. The van der Waals surface area contributed by atoms with Crippen molar-refractivity contribution in [2.24, 2.45) is 0 Å². The smallest absolute Gasteiger partial charge is 0.337 e. The Labute approximate surface area is 113 Å². The highest BCUT2D eigenvalue weighted by atomic mass is 35.5. The molecule has 18 heavy (non-hydrogen) atoms. The zero-order valence-corrected chi connectivity index (χ0v) is 11.5. The fraction of sp³-hybridized carbons (Fsp3) is 0.333. The molecule has 6 heteroatoms. The molecule has 1 aromatic carbocycles. The quantitative estimate of drug-likeness (QED) is 0.881. The molecular weight excluding hydrogens is 272 g/mol. The van der Waals surface area contributed by atoms with Gasteiger partial charge >= 0.3 is 6.03 Å². The van der Waals surface area contributed by atoms with Crippen molar-refractivity contribution in [3.63, 3.8) is 0 Å². The molecule has 0 saturated carbocycles. The Morgan fingerprint density at radius 2 is 2.28 bits per heavy atom. The molecule has 1 aromatic heterocycles. The lowest BCUT2D eigenvalue weighted by atomic mass is 10.3. The molecule has 1 amide bonds. The lowest BCUT2D eigenvalue weighted by Gasteiger charge is -2.01. The van der Waals surface area contributed by atoms with Gasteiger partial charge in [-0.05, 0) is 36.2 Å². The van der Waals surface area contributed by atoms with Crippen molar-refractivity contribution in [2.75, 3.05) is 6.54 Å². The molecule has 4 nitrogen and oxygen atoms in total. The van der Waals surface area contributed by atoms with Crippen molar-refractivity contribution in [1.82, 2.24) is 9.27 Å². The zero-order valence-electron chi connectivity index (χ0n) is 9.90. The van der Waals surface area contributed by atoms with Gasteiger partial charge in [0.1, 0.15) is 0 Å². The van der Waals surface area contributed by atoms with E-state index in [1.807, 2.05) is 6.92 Å². The molecule has 0 unspecified atom stereocenters. The minimum absolute atomic E-state index is 0.291. The first-order valence-corrected chi connectivity index (χ1v) is 6.88. The molecule has 96 valence electrons. The molecule has 1 N–H and O–H groups in total. The molecule has 1 heterocycles. The van der Waals surface area contributed by atoms with Gasteiger partial charge in [0.15, 0.2) is 0 Å². The molecule has 0 saturated heterocycles. The lowest BCUT2D eigenvalue weighted by Crippen LogP contribution is -2.33. The van der Waals surface area contributed by atoms with Crippen LogP contribution < -0.4 is 10.9 Å². The molecule has 0 bridgehead atoms. The fourth-order valence-electron chi connectivity index (χ4n) is 1.58. The van der Waals surface area contributed by atoms with Gasteiger partial charge in [-0.25, -0.2) is 4.79 Å². The third-order valence-electron chi connectivity index (χ3n) is 2.54. The zero-order chi connectivity index (χ0) is 13.1. The number of carbonyl (C=O) groups is 1. The normalized spacial score (nSPS) is 10.8. The van der Waals surface area contributed by atoms with Crippen molar-refractivity contribution in [3.8, 4) is 0 Å². The lowest BCUT2D eigenvalue weighted by molar-refractivity contribution is 0.244. The van der Waals surface area contributed by atoms with Gasteiger partial charge in [0, 0.05) is 11.6 Å². The number of fused-ring (bicyclic) bond motifs is 1. The molecule has 0 fully saturated rings. The van der Waals surface area contributed by atoms with E-state index in [-0.39, 0.29) is 11.6 Å². The maximum absolute atomic E-state index is 12.0. The maximum atomic E-state index is 12.0. The molecular formula is C12H13ClN2O2S. The largest absolute Gasteiger partial charge is 0.338 e. The predicted molar refractivity (Wildman–Crippen MR) is 74.8 cm³/mol. The minimum atomic E-state index is -0.370. The number of benzene rings is 1. The number of rotatable bonds is 3. The number of carbonyl (C=O) groups excluding carboxylic acids is 1. The Kier molecular flexibility index (Phi) is 4.04. The van der Waals surface area contributed by atoms with E-state index in [2.05, 4.69) is 5.32 Å². The number of amides is 1. The first-order chi connectivity index (χ1) is 8.63. The van der Waals surface area contributed by atoms with E-state index in [0.717, 1.165) is 33.0 Å². The summed E-state index contributed by atoms with van der Waals surface area (Å²) < 4.78 is 1.86. The highest BCUT2D eigenvalue weighted by Gasteiger charge is 2.13. The second-order valence-electron chi connectivity index (χ2n) is 3.92. The van der Waals surface area contributed by atoms with Crippen LogP contribution >= 0.6 is 23.1 Å². The fourth-order valence-corrected chi connectivity index (χ4v) is 2.77. The average Bonchev–Trinajstić information content (AvgIpc) is 2.66. The van der Waals surface area contributed by atoms with Gasteiger partial charge in [-0.15, -0.1) is 0 Å². The summed E-state index contributed by atoms with van der Waals surface area (Å²) in [4.78, 5) is 23.8. The Morgan fingerprint density at radius 1 is 1.50 bits per heavy atom. The summed E-state index contributed by atoms with van der Waals surface area (Å²) in [5.41, 5.74) is -0.291. The third kappa shape index (κ3) is 2.57. The Bertz CT molecular complexity index is 633. The van der Waals surface area contributed by atoms with Crippen LogP contribution in [0.15, 0.2) is 23.0 Å². The highest BCUT2D eigenvalue weighted by Crippen LogP contribution is 2.20. The van der Waals surface area contributed by atoms with E-state index in [1.54, 1.807) is 18.2 Å². The number of nitrogens with zero attached hydrogens (tertiary/aromatic N) is 1. The number of nitrogens with one attached hydrogen (secondary N) is 1. The van der Waals surface area contributed by atoms with Crippen LogP contribution in [-0.4, -0.2) is 16.5 Å². The Hall–Kier alpha value is -1.33. The Balaban J connectivity index is 2.31. The van der Waals surface area contributed by atoms with Crippen molar-refractivity contribution < 1.29 is 4.79 Å². The number of hydrogen-bond donors (Lipinski definition) is 1. The number of aromatic nitrogens is 1. The van der Waals surface area contributed by atoms with E-state index >= 15 is 0 Å². The summed E-state index contributed by atoms with van der Waals surface area (Å²) in [5.74, 6) is 0. The molecule has 2 rings (SSSR count). The summed E-state index contributed by atoms with van der Waals surface area (Å²) in [6.07, 6.45) is 1.90. The topological polar surface area (TPSA) is 51.1 Å². The van der Waals surface area contributed by atoms with E-state index in [4.69, 9.17) is 11.6 Å². The number of halogens is 1. The summed E-state index contributed by atoms with van der Waals surface area (Å²) in [6, 6.07) is 4.62. The van der Waals surface area contributed by atoms with Crippen molar-refractivity contribution in [3.05, 3.63) is 33.6 Å². The van der Waals surface area contributed by atoms with Crippen LogP contribution in [0.25, 0.3) is 10.1 Å². The summed E-state index contributed by atoms with van der Waals surface area (Å²) in [6.45, 7) is 2.62. The van der Waals surface area contributed by atoms with Crippen molar-refractivity contribution in [2.45, 2.75) is 19.8 Å². The molecule has 0 radical (unpaired) electrons. The molecule has 0 atom stereocenters. The van der Waals surface area contributed by atoms with Crippen LogP contribution in [0.3, 0.4) is 0 Å². The van der Waals surface area contributed by atoms with Crippen molar-refractivity contribution >= 4 is 39.3 Å². The number of hydrogen-bond acceptors (Lipinski definition) is 3. The third-order valence-corrected chi connectivity index (χ3v) is 3.82. The summed E-state index contributed by atoms with van der Waals surface area (Å²) in [7, 11) is 0. The summed E-state index contributed by atoms with van der Waals surface area (Å²) >= 11 is 6.97. The van der Waals surface area contributed by atoms with Crippen LogP contribution in [-0.2, 0) is 0 Å². The molecule has 0 aliphatic carbocycles. The standard InChI is InChI=1S/C12H13ClN2O2S/c1-2-3-6-14-12(17)15-11(16)9-5-4-8(13)7-10(9)18-15/h4-5,7H,2-3,6H2,1H3,(H,14,17). The maximum Gasteiger partial charge on any atom is 0.338 e. The van der Waals surface area contributed by atoms with Gasteiger partial charge < -0.3 is 5.32 Å². The summed E-state index contributed by atoms with van der Waals surface area (Å²) in [5, 5.41) is 3.80. The van der Waals surface area contributed by atoms with E-state index < -0.39 is 0 Å². The van der Waals surface area contributed by atoms with Gasteiger partial charge in [0.2, 0.25) is 0 Å². The van der Waals surface area contributed by atoms with Crippen molar-refractivity contribution in [1.29, 1.82) is 0 Å². The van der Waals surface area contributed by atoms with Crippen LogP contribution in [0.4, 0.5) is 4.79 Å². The van der Waals surface area contributed by atoms with Crippen LogP contribution in [0.5, 0.6) is 0 Å². The highest BCUT2D eigenvalue weighted by molar-refractivity contribution is 7.14. The first kappa shape index (κ1) is 13.1. The van der Waals surface area contributed by atoms with Crippen LogP contribution in [0, 0.1) is 0 Å². The van der Waals surface area contributed by atoms with Gasteiger partial charge in [-0.3, -0.25) is 4.79 Å². The molecule has 0 aliphatic heterocycles. The van der Waals surface area contributed by atoms with Gasteiger partial charge in [-0.2, -0.15) is 3.96 Å². The second-order valence-corrected chi connectivity index (χ2v) is 5.34. The molecule has 0 aliphatic rings. The van der Waals surface area contributed by atoms with E-state index in [0.29, 0.717) is 17.0 Å². The molecule has 0 spiro atoms. The van der Waals surface area contributed by atoms with Crippen LogP contribution in [0.1, 0.15) is 19.8 Å². The minimum Gasteiger partial charge on any atom is -0.337 e. The first-order valence-electron chi connectivity index (χ1n) is 5.73. The monoisotopic (exact) mass is 284 g/mol. The van der Waals surface area contributed by atoms with E-state index in [9.17, 15) is 9.59 Å². The van der Waals surface area contributed by atoms with Gasteiger partial charge in [0.25, 0.3) is 5.56 Å². The van der Waals surface area contributed by atoms with E-state index in [1.165, 1.54) is 0 Å². The molecule has 2 aromatic rings. The van der Waals surface area contributed by atoms with Crippen LogP contribution in [0.2, 0.25) is 5.02 Å². The SMILES string of the molecule is CCCCNC(=O)n1sc2cc(Cl)ccc2c1=O. The predicted octanol–water partition coefficient (Wildman–Crippen LogP) is 3.07. The van der Waals surface area contributed by atoms with Gasteiger partial charge in [-0.1, -0.05) is 24.9 Å². The Morgan fingerprint density at radius 3 is 3.00 bits per heavy atom. The van der Waals surface area contributed by atoms with Gasteiger partial charge in [0.05, 0.1) is 10.1 Å². The second kappa shape index (κ2) is 5.54. The number of unbranched alkanes of at least 4 members (excludes halogenated alkanes) is 1.